The van der Waals surface area contributed by atoms with Gasteiger partial charge in [0, 0.05) is 13.0 Å². The molecular formula is C18H22N2O2S. The average molecular weight is 330 g/mol. The van der Waals surface area contributed by atoms with Gasteiger partial charge in [0.1, 0.15) is 4.88 Å². The van der Waals surface area contributed by atoms with E-state index in [1.54, 1.807) is 0 Å². The number of hydrogen-bond acceptors (Lipinski definition) is 4. The van der Waals surface area contributed by atoms with Gasteiger partial charge in [0.2, 0.25) is 0 Å². The molecule has 0 radical (unpaired) electrons. The Morgan fingerprint density at radius 3 is 2.91 bits per heavy atom. The number of amides is 1. The highest BCUT2D eigenvalue weighted by atomic mass is 32.1. The number of aromatic nitrogens is 1. The van der Waals surface area contributed by atoms with Crippen LogP contribution in [0.15, 0.2) is 30.3 Å². The van der Waals surface area contributed by atoms with E-state index in [9.17, 15) is 4.79 Å². The van der Waals surface area contributed by atoms with Gasteiger partial charge < -0.3 is 10.1 Å². The number of thiazole rings is 1. The second-order valence-corrected chi connectivity index (χ2v) is 7.08. The minimum atomic E-state index is -0.0395. The highest BCUT2D eigenvalue weighted by Crippen LogP contribution is 2.22. The molecule has 0 saturated carbocycles. The molecule has 0 unspecified atom stereocenters. The first-order valence-electron chi connectivity index (χ1n) is 8.06. The van der Waals surface area contributed by atoms with E-state index < -0.39 is 0 Å². The molecule has 1 amide bonds. The number of aryl methyl sites for hydroxylation is 1. The lowest BCUT2D eigenvalue weighted by Crippen LogP contribution is -2.40. The van der Waals surface area contributed by atoms with E-state index >= 15 is 0 Å². The number of ether oxygens (including phenoxy) is 1. The Morgan fingerprint density at radius 1 is 1.43 bits per heavy atom. The number of benzene rings is 1. The first kappa shape index (κ1) is 16.1. The molecule has 1 aliphatic rings. The average Bonchev–Trinajstić information content (AvgIpc) is 3.18. The first-order chi connectivity index (χ1) is 11.1. The molecular weight excluding hydrogens is 308 g/mol. The molecule has 2 atom stereocenters. The number of carbonyl (C=O) groups excluding carboxylic acids is 1. The van der Waals surface area contributed by atoms with Crippen LogP contribution in [0.2, 0.25) is 0 Å². The van der Waals surface area contributed by atoms with E-state index in [2.05, 4.69) is 22.4 Å². The quantitative estimate of drug-likeness (QED) is 0.915. The summed E-state index contributed by atoms with van der Waals surface area (Å²) in [6.07, 6.45) is 2.99. The molecule has 1 aliphatic heterocycles. The molecule has 23 heavy (non-hydrogen) atoms. The highest BCUT2D eigenvalue weighted by molar-refractivity contribution is 7.13. The SMILES string of the molecule is Cc1nc(Cc2ccccc2)sc1C(=O)N[C@H](C)[C@H]1CCCO1. The van der Waals surface area contributed by atoms with Crippen LogP contribution in [0.25, 0.3) is 0 Å². The Balaban J connectivity index is 1.66. The first-order valence-corrected chi connectivity index (χ1v) is 8.88. The molecule has 1 N–H and O–H groups in total. The van der Waals surface area contributed by atoms with Gasteiger partial charge in [-0.25, -0.2) is 4.98 Å². The summed E-state index contributed by atoms with van der Waals surface area (Å²) >= 11 is 1.48. The van der Waals surface area contributed by atoms with Crippen molar-refractivity contribution in [3.63, 3.8) is 0 Å². The maximum absolute atomic E-state index is 12.5. The van der Waals surface area contributed by atoms with E-state index in [-0.39, 0.29) is 18.1 Å². The van der Waals surface area contributed by atoms with E-state index in [1.807, 2.05) is 32.0 Å². The van der Waals surface area contributed by atoms with Crippen molar-refractivity contribution in [2.75, 3.05) is 6.61 Å². The lowest BCUT2D eigenvalue weighted by molar-refractivity contribution is 0.0714. The predicted molar refractivity (Wildman–Crippen MR) is 92.0 cm³/mol. The van der Waals surface area contributed by atoms with Crippen molar-refractivity contribution >= 4 is 17.2 Å². The minimum Gasteiger partial charge on any atom is -0.376 e. The fraction of sp³-hybridized carbons (Fsp3) is 0.444. The second-order valence-electron chi connectivity index (χ2n) is 6.00. The van der Waals surface area contributed by atoms with Crippen molar-refractivity contribution < 1.29 is 9.53 Å². The smallest absolute Gasteiger partial charge is 0.263 e. The lowest BCUT2D eigenvalue weighted by Gasteiger charge is -2.19. The van der Waals surface area contributed by atoms with Crippen LogP contribution >= 0.6 is 11.3 Å². The molecule has 2 heterocycles. The van der Waals surface area contributed by atoms with Gasteiger partial charge in [0.15, 0.2) is 0 Å². The number of hydrogen-bond donors (Lipinski definition) is 1. The van der Waals surface area contributed by atoms with Crippen LogP contribution in [-0.4, -0.2) is 29.6 Å². The van der Waals surface area contributed by atoms with Crippen LogP contribution in [0, 0.1) is 6.92 Å². The summed E-state index contributed by atoms with van der Waals surface area (Å²) in [4.78, 5) is 17.8. The molecule has 1 fully saturated rings. The maximum atomic E-state index is 12.5. The Labute approximate surface area is 140 Å². The molecule has 4 nitrogen and oxygen atoms in total. The fourth-order valence-electron chi connectivity index (χ4n) is 2.87. The van der Waals surface area contributed by atoms with Gasteiger partial charge in [-0.15, -0.1) is 11.3 Å². The van der Waals surface area contributed by atoms with Crippen LogP contribution < -0.4 is 5.32 Å². The van der Waals surface area contributed by atoms with Crippen LogP contribution in [0.5, 0.6) is 0 Å². The zero-order valence-electron chi connectivity index (χ0n) is 13.5. The number of rotatable bonds is 5. The number of nitrogens with one attached hydrogen (secondary N) is 1. The maximum Gasteiger partial charge on any atom is 0.263 e. The lowest BCUT2D eigenvalue weighted by atomic mass is 10.1. The normalized spacial score (nSPS) is 18.8. The third kappa shape index (κ3) is 3.98. The van der Waals surface area contributed by atoms with Crippen molar-refractivity contribution in [2.45, 2.75) is 45.3 Å². The summed E-state index contributed by atoms with van der Waals surface area (Å²) in [5.41, 5.74) is 2.01. The zero-order valence-corrected chi connectivity index (χ0v) is 14.4. The monoisotopic (exact) mass is 330 g/mol. The van der Waals surface area contributed by atoms with Crippen molar-refractivity contribution in [2.24, 2.45) is 0 Å². The Hall–Kier alpha value is -1.72. The molecule has 3 rings (SSSR count). The fourth-order valence-corrected chi connectivity index (χ4v) is 3.87. The van der Waals surface area contributed by atoms with Crippen molar-refractivity contribution in [1.82, 2.24) is 10.3 Å². The van der Waals surface area contributed by atoms with Crippen LogP contribution in [0.3, 0.4) is 0 Å². The third-order valence-corrected chi connectivity index (χ3v) is 5.28. The molecule has 1 saturated heterocycles. The third-order valence-electron chi connectivity index (χ3n) is 4.13. The second kappa shape index (κ2) is 7.23. The Kier molecular flexibility index (Phi) is 5.08. The summed E-state index contributed by atoms with van der Waals surface area (Å²) < 4.78 is 5.64. The van der Waals surface area contributed by atoms with Crippen LogP contribution in [0.4, 0.5) is 0 Å². The van der Waals surface area contributed by atoms with Gasteiger partial charge in [-0.3, -0.25) is 4.79 Å². The molecule has 1 aromatic heterocycles. The van der Waals surface area contributed by atoms with Gasteiger partial charge in [-0.05, 0) is 32.3 Å². The molecule has 0 aliphatic carbocycles. The van der Waals surface area contributed by atoms with E-state index in [0.717, 1.165) is 36.6 Å². The number of carbonyl (C=O) groups is 1. The summed E-state index contributed by atoms with van der Waals surface area (Å²) in [6, 6.07) is 10.2. The summed E-state index contributed by atoms with van der Waals surface area (Å²) in [6.45, 7) is 4.71. The van der Waals surface area contributed by atoms with Crippen molar-refractivity contribution in [3.8, 4) is 0 Å². The standard InChI is InChI=1S/C18H22N2O2S/c1-12(15-9-6-10-22-15)20-18(21)17-13(2)19-16(23-17)11-14-7-4-3-5-8-14/h3-5,7-8,12,15H,6,9-11H2,1-2H3,(H,20,21)/t12-,15-/m1/s1. The Bertz CT molecular complexity index is 663. The van der Waals surface area contributed by atoms with E-state index in [4.69, 9.17) is 4.74 Å². The summed E-state index contributed by atoms with van der Waals surface area (Å²) in [5.74, 6) is -0.0395. The molecule has 0 spiro atoms. The van der Waals surface area contributed by atoms with E-state index in [0.29, 0.717) is 4.88 Å². The number of nitrogens with zero attached hydrogens (tertiary/aromatic N) is 1. The molecule has 122 valence electrons. The molecule has 0 bridgehead atoms. The van der Waals surface area contributed by atoms with Gasteiger partial charge in [0.25, 0.3) is 5.91 Å². The molecule has 5 heteroatoms. The Morgan fingerprint density at radius 2 is 2.22 bits per heavy atom. The highest BCUT2D eigenvalue weighted by Gasteiger charge is 2.25. The van der Waals surface area contributed by atoms with Crippen molar-refractivity contribution in [3.05, 3.63) is 51.5 Å². The van der Waals surface area contributed by atoms with Gasteiger partial charge in [-0.2, -0.15) is 0 Å². The van der Waals surface area contributed by atoms with Gasteiger partial charge >= 0.3 is 0 Å². The topological polar surface area (TPSA) is 51.2 Å². The molecule has 1 aromatic carbocycles. The van der Waals surface area contributed by atoms with Crippen molar-refractivity contribution in [1.29, 1.82) is 0 Å². The largest absolute Gasteiger partial charge is 0.376 e. The van der Waals surface area contributed by atoms with Gasteiger partial charge in [-0.1, -0.05) is 30.3 Å². The summed E-state index contributed by atoms with van der Waals surface area (Å²) in [5, 5.41) is 4.04. The van der Waals surface area contributed by atoms with Crippen LogP contribution in [0.1, 0.15) is 45.7 Å². The van der Waals surface area contributed by atoms with Gasteiger partial charge in [0.05, 0.1) is 22.8 Å². The summed E-state index contributed by atoms with van der Waals surface area (Å²) in [7, 11) is 0. The predicted octanol–water partition coefficient (Wildman–Crippen LogP) is 3.34. The minimum absolute atomic E-state index is 0.0315. The molecule has 2 aromatic rings. The van der Waals surface area contributed by atoms with E-state index in [1.165, 1.54) is 16.9 Å². The zero-order chi connectivity index (χ0) is 16.2. The van der Waals surface area contributed by atoms with Crippen LogP contribution in [-0.2, 0) is 11.2 Å².